The summed E-state index contributed by atoms with van der Waals surface area (Å²) in [4.78, 5) is 16.7. The molecule has 2 atom stereocenters. The Morgan fingerprint density at radius 2 is 1.81 bits per heavy atom. The molecule has 1 fully saturated rings. The van der Waals surface area contributed by atoms with E-state index in [1.54, 1.807) is 22.9 Å². The van der Waals surface area contributed by atoms with E-state index in [1.165, 1.54) is 12.1 Å². The number of benzene rings is 2. The van der Waals surface area contributed by atoms with Gasteiger partial charge >= 0.3 is 12.3 Å². The number of ether oxygens (including phenoxy) is 2. The van der Waals surface area contributed by atoms with Gasteiger partial charge in [-0.05, 0) is 41.3 Å². The van der Waals surface area contributed by atoms with Gasteiger partial charge in [0, 0.05) is 31.8 Å². The molecule has 0 saturated heterocycles. The third-order valence-corrected chi connectivity index (χ3v) is 6.77. The molecular weight excluding hydrogens is 489 g/mol. The van der Waals surface area contributed by atoms with Gasteiger partial charge in [-0.1, -0.05) is 26.0 Å². The van der Waals surface area contributed by atoms with Crippen LogP contribution in [0.4, 0.5) is 13.2 Å². The van der Waals surface area contributed by atoms with Crippen LogP contribution in [0, 0.1) is 11.3 Å². The first-order valence-electron chi connectivity index (χ1n) is 11.6. The van der Waals surface area contributed by atoms with Gasteiger partial charge in [-0.25, -0.2) is 4.98 Å². The fourth-order valence-electron chi connectivity index (χ4n) is 4.87. The first-order valence-corrected chi connectivity index (χ1v) is 11.6. The Morgan fingerprint density at radius 1 is 1.11 bits per heavy atom. The summed E-state index contributed by atoms with van der Waals surface area (Å²) in [5.41, 5.74) is 2.38. The quantitative estimate of drug-likeness (QED) is 0.351. The van der Waals surface area contributed by atoms with Gasteiger partial charge in [-0.2, -0.15) is 5.10 Å². The van der Waals surface area contributed by atoms with Gasteiger partial charge in [0.2, 0.25) is 0 Å². The molecule has 5 rings (SSSR count). The fraction of sp³-hybridized carbons (Fsp3) is 0.346. The molecule has 1 saturated carbocycles. The monoisotopic (exact) mass is 514 g/mol. The first kappa shape index (κ1) is 24.7. The largest absolute Gasteiger partial charge is 0.573 e. The Kier molecular flexibility index (Phi) is 5.88. The van der Waals surface area contributed by atoms with E-state index in [9.17, 15) is 23.1 Å². The van der Waals surface area contributed by atoms with Crippen LogP contribution in [0.5, 0.6) is 11.5 Å². The van der Waals surface area contributed by atoms with E-state index in [2.05, 4.69) is 9.84 Å². The molecule has 0 spiro atoms. The number of imidazole rings is 1. The summed E-state index contributed by atoms with van der Waals surface area (Å²) in [5, 5.41) is 14.1. The van der Waals surface area contributed by atoms with E-state index in [-0.39, 0.29) is 24.8 Å². The summed E-state index contributed by atoms with van der Waals surface area (Å²) in [6.07, 6.45) is -2.95. The molecule has 2 aromatic carbocycles. The molecule has 0 radical (unpaired) electrons. The molecular formula is C26H25F3N4O4. The standard InChI is InChI=1S/C26H25F3N4O4/c1-25(2)21(22(25)24(34)35)23-30-19-9-8-18(36-14-16-10-11-32(3)31-16)12-20(19)33(23)13-15-4-6-17(7-5-15)37-26(27,28)29/h4-12,21-22H,13-14H2,1-3H3,(H,34,35)/t21-,22?/m0/s1. The Labute approximate surface area is 210 Å². The minimum absolute atomic E-state index is 0.269. The topological polar surface area (TPSA) is 91.4 Å². The van der Waals surface area contributed by atoms with Gasteiger partial charge in [0.25, 0.3) is 0 Å². The van der Waals surface area contributed by atoms with Crippen molar-refractivity contribution in [3.8, 4) is 11.5 Å². The second-order valence-electron chi connectivity index (χ2n) is 9.78. The zero-order chi connectivity index (χ0) is 26.5. The minimum atomic E-state index is -4.77. The molecule has 37 heavy (non-hydrogen) atoms. The number of hydrogen-bond acceptors (Lipinski definition) is 5. The molecule has 1 N–H and O–H groups in total. The second-order valence-corrected chi connectivity index (χ2v) is 9.78. The molecule has 8 nitrogen and oxygen atoms in total. The lowest BCUT2D eigenvalue weighted by Crippen LogP contribution is -2.17. The molecule has 1 aliphatic rings. The van der Waals surface area contributed by atoms with Crippen molar-refractivity contribution in [2.75, 3.05) is 0 Å². The molecule has 1 aliphatic carbocycles. The van der Waals surface area contributed by atoms with E-state index in [4.69, 9.17) is 9.72 Å². The number of aromatic nitrogens is 4. The molecule has 4 aromatic rings. The van der Waals surface area contributed by atoms with E-state index in [1.807, 2.05) is 49.9 Å². The number of hydrogen-bond donors (Lipinski definition) is 1. The van der Waals surface area contributed by atoms with Crippen molar-refractivity contribution in [3.63, 3.8) is 0 Å². The van der Waals surface area contributed by atoms with E-state index in [0.717, 1.165) is 11.2 Å². The molecule has 0 bridgehead atoms. The van der Waals surface area contributed by atoms with E-state index >= 15 is 0 Å². The van der Waals surface area contributed by atoms with Crippen LogP contribution < -0.4 is 9.47 Å². The average Bonchev–Trinajstić information content (AvgIpc) is 3.08. The number of halogens is 3. The minimum Gasteiger partial charge on any atom is -0.487 e. The smallest absolute Gasteiger partial charge is 0.487 e. The normalized spacial score (nSPS) is 18.6. The number of aryl methyl sites for hydroxylation is 1. The van der Waals surface area contributed by atoms with Crippen LogP contribution in [0.2, 0.25) is 0 Å². The molecule has 0 aliphatic heterocycles. The molecule has 2 heterocycles. The van der Waals surface area contributed by atoms with Crippen LogP contribution in [-0.2, 0) is 25.0 Å². The van der Waals surface area contributed by atoms with Crippen LogP contribution in [-0.4, -0.2) is 36.8 Å². The van der Waals surface area contributed by atoms with Crippen LogP contribution in [0.1, 0.15) is 36.8 Å². The summed E-state index contributed by atoms with van der Waals surface area (Å²) in [5.74, 6) is -0.906. The van der Waals surface area contributed by atoms with Gasteiger partial charge < -0.3 is 19.1 Å². The summed E-state index contributed by atoms with van der Waals surface area (Å²) in [6, 6.07) is 12.9. The van der Waals surface area contributed by atoms with Crippen LogP contribution in [0.25, 0.3) is 11.0 Å². The zero-order valence-electron chi connectivity index (χ0n) is 20.4. The van der Waals surface area contributed by atoms with Crippen molar-refractivity contribution in [3.05, 3.63) is 71.8 Å². The fourth-order valence-corrected chi connectivity index (χ4v) is 4.87. The maximum absolute atomic E-state index is 12.6. The molecule has 0 amide bonds. The lowest BCUT2D eigenvalue weighted by molar-refractivity contribution is -0.274. The predicted molar refractivity (Wildman–Crippen MR) is 127 cm³/mol. The Bertz CT molecular complexity index is 1460. The highest BCUT2D eigenvalue weighted by atomic mass is 19.4. The highest BCUT2D eigenvalue weighted by Crippen LogP contribution is 2.64. The highest BCUT2D eigenvalue weighted by Gasteiger charge is 2.64. The van der Waals surface area contributed by atoms with Crippen molar-refractivity contribution in [1.29, 1.82) is 0 Å². The van der Waals surface area contributed by atoms with Crippen molar-refractivity contribution in [2.45, 2.75) is 39.3 Å². The summed E-state index contributed by atoms with van der Waals surface area (Å²) < 4.78 is 51.2. The third kappa shape index (κ3) is 4.98. The number of rotatable bonds is 8. The summed E-state index contributed by atoms with van der Waals surface area (Å²) >= 11 is 0. The van der Waals surface area contributed by atoms with Crippen LogP contribution in [0.15, 0.2) is 54.7 Å². The predicted octanol–water partition coefficient (Wildman–Crippen LogP) is 5.12. The number of fused-ring (bicyclic) bond motifs is 1. The molecule has 1 unspecified atom stereocenters. The Morgan fingerprint density at radius 3 is 2.41 bits per heavy atom. The lowest BCUT2D eigenvalue weighted by Gasteiger charge is -2.13. The number of alkyl halides is 3. The van der Waals surface area contributed by atoms with Crippen molar-refractivity contribution < 1.29 is 32.5 Å². The average molecular weight is 515 g/mol. The van der Waals surface area contributed by atoms with E-state index in [0.29, 0.717) is 22.7 Å². The third-order valence-electron chi connectivity index (χ3n) is 6.77. The molecule has 2 aromatic heterocycles. The van der Waals surface area contributed by atoms with Crippen molar-refractivity contribution in [1.82, 2.24) is 19.3 Å². The van der Waals surface area contributed by atoms with Gasteiger partial charge in [-0.3, -0.25) is 9.48 Å². The first-order chi connectivity index (χ1) is 17.4. The lowest BCUT2D eigenvalue weighted by atomic mass is 10.1. The number of carboxylic acids is 1. The summed E-state index contributed by atoms with van der Waals surface area (Å²) in [6.45, 7) is 4.33. The SMILES string of the molecule is Cn1ccc(COc2ccc3nc([C@@H]4C(C(=O)O)C4(C)C)n(Cc4ccc(OC(F)(F)F)cc4)c3c2)n1. The van der Waals surface area contributed by atoms with Crippen molar-refractivity contribution >= 4 is 17.0 Å². The number of aliphatic carboxylic acids is 1. The van der Waals surface area contributed by atoms with Gasteiger partial charge in [0.1, 0.15) is 23.9 Å². The Hall–Kier alpha value is -4.02. The second kappa shape index (κ2) is 8.82. The maximum atomic E-state index is 12.6. The van der Waals surface area contributed by atoms with Gasteiger partial charge in [0.15, 0.2) is 0 Å². The highest BCUT2D eigenvalue weighted by molar-refractivity contribution is 5.81. The molecule has 11 heteroatoms. The number of carbonyl (C=O) groups is 1. The summed E-state index contributed by atoms with van der Waals surface area (Å²) in [7, 11) is 1.82. The van der Waals surface area contributed by atoms with Gasteiger partial charge in [0.05, 0.1) is 22.6 Å². The number of carboxylic acid groups (broad SMARTS) is 1. The van der Waals surface area contributed by atoms with E-state index < -0.39 is 23.7 Å². The van der Waals surface area contributed by atoms with Crippen LogP contribution >= 0.6 is 0 Å². The zero-order valence-corrected chi connectivity index (χ0v) is 20.4. The Balaban J connectivity index is 1.49. The number of nitrogens with zero attached hydrogens (tertiary/aromatic N) is 4. The van der Waals surface area contributed by atoms with Gasteiger partial charge in [-0.15, -0.1) is 13.2 Å². The van der Waals surface area contributed by atoms with Crippen molar-refractivity contribution in [2.24, 2.45) is 18.4 Å². The van der Waals surface area contributed by atoms with Crippen LogP contribution in [0.3, 0.4) is 0 Å². The maximum Gasteiger partial charge on any atom is 0.573 e. The molecule has 194 valence electrons.